The van der Waals surface area contributed by atoms with Crippen LogP contribution in [0.2, 0.25) is 0 Å². The molecule has 5 nitrogen and oxygen atoms in total. The van der Waals surface area contributed by atoms with Gasteiger partial charge in [-0.3, -0.25) is 4.79 Å². The van der Waals surface area contributed by atoms with E-state index in [1.54, 1.807) is 0 Å². The summed E-state index contributed by atoms with van der Waals surface area (Å²) in [5.74, 6) is 4.85. The number of carbonyl (C=O) groups is 1. The molecule has 0 atom stereocenters. The minimum atomic E-state index is -0.0384. The maximum absolute atomic E-state index is 14.0. The van der Waals surface area contributed by atoms with E-state index in [9.17, 15) is 4.79 Å². The normalized spacial score (nSPS) is 29.9. The number of hydrogen-bond acceptors (Lipinski definition) is 4. The summed E-state index contributed by atoms with van der Waals surface area (Å²) in [7, 11) is 0. The van der Waals surface area contributed by atoms with Crippen molar-refractivity contribution in [3.8, 4) is 0 Å². The van der Waals surface area contributed by atoms with Crippen LogP contribution in [0.5, 0.6) is 0 Å². The van der Waals surface area contributed by atoms with E-state index in [0.717, 1.165) is 99.8 Å². The van der Waals surface area contributed by atoms with E-state index in [1.165, 1.54) is 30.4 Å². The van der Waals surface area contributed by atoms with Crippen molar-refractivity contribution in [3.05, 3.63) is 53.0 Å². The van der Waals surface area contributed by atoms with Crippen molar-refractivity contribution in [2.75, 3.05) is 31.1 Å². The van der Waals surface area contributed by atoms with Gasteiger partial charge in [0.25, 0.3) is 0 Å². The summed E-state index contributed by atoms with van der Waals surface area (Å²) in [6.07, 6.45) is 10.4. The fourth-order valence-corrected chi connectivity index (χ4v) is 8.21. The first kappa shape index (κ1) is 23.0. The highest BCUT2D eigenvalue weighted by atomic mass is 16.2. The maximum Gasteiger partial charge on any atom is 0.228 e. The van der Waals surface area contributed by atoms with E-state index in [2.05, 4.69) is 47.1 Å². The van der Waals surface area contributed by atoms with Gasteiger partial charge in [0.2, 0.25) is 5.91 Å². The van der Waals surface area contributed by atoms with Crippen molar-refractivity contribution < 1.29 is 4.79 Å². The number of amides is 1. The van der Waals surface area contributed by atoms with Crippen LogP contribution in [0.25, 0.3) is 0 Å². The molecule has 0 N–H and O–H groups in total. The van der Waals surface area contributed by atoms with Crippen LogP contribution in [-0.2, 0) is 17.6 Å². The molecular weight excluding hydrogens is 432 g/mol. The quantitative estimate of drug-likeness (QED) is 0.601. The molecule has 4 aliphatic carbocycles. The van der Waals surface area contributed by atoms with Crippen molar-refractivity contribution in [1.29, 1.82) is 0 Å². The average molecular weight is 473 g/mol. The fraction of sp³-hybridized carbons (Fsp3) is 0.633. The predicted molar refractivity (Wildman–Crippen MR) is 139 cm³/mol. The molecule has 1 aromatic carbocycles. The highest BCUT2D eigenvalue weighted by molar-refractivity contribution is 5.83. The third kappa shape index (κ3) is 4.36. The summed E-state index contributed by atoms with van der Waals surface area (Å²) in [5.41, 5.74) is 3.67. The van der Waals surface area contributed by atoms with Crippen molar-refractivity contribution in [1.82, 2.24) is 14.9 Å². The predicted octanol–water partition coefficient (Wildman–Crippen LogP) is 5.19. The van der Waals surface area contributed by atoms with Gasteiger partial charge in [0, 0.05) is 43.9 Å². The van der Waals surface area contributed by atoms with E-state index in [0.29, 0.717) is 5.91 Å². The Bertz CT molecular complexity index is 1050. The second-order valence-corrected chi connectivity index (χ2v) is 11.9. The van der Waals surface area contributed by atoms with Gasteiger partial charge in [-0.2, -0.15) is 0 Å². The Kier molecular flexibility index (Phi) is 6.06. The van der Waals surface area contributed by atoms with Gasteiger partial charge in [0.05, 0.1) is 5.41 Å². The molecule has 35 heavy (non-hydrogen) atoms. The van der Waals surface area contributed by atoms with Gasteiger partial charge in [-0.25, -0.2) is 9.97 Å². The Morgan fingerprint density at radius 3 is 2.29 bits per heavy atom. The Hall–Kier alpha value is -2.43. The second kappa shape index (κ2) is 9.22. The largest absolute Gasteiger partial charge is 0.354 e. The first-order valence-corrected chi connectivity index (χ1v) is 14.0. The van der Waals surface area contributed by atoms with Crippen LogP contribution in [0.3, 0.4) is 0 Å². The van der Waals surface area contributed by atoms with Crippen molar-refractivity contribution in [2.45, 2.75) is 71.6 Å². The molecule has 1 saturated heterocycles. The summed E-state index contributed by atoms with van der Waals surface area (Å²) in [6, 6.07) is 10.7. The number of nitrogens with zero attached hydrogens (tertiary/aromatic N) is 4. The molecule has 0 spiro atoms. The number of benzene rings is 1. The minimum absolute atomic E-state index is 0.0384. The molecule has 7 rings (SSSR count). The topological polar surface area (TPSA) is 49.3 Å². The number of carbonyl (C=O) groups excluding carboxylic acids is 1. The van der Waals surface area contributed by atoms with Gasteiger partial charge in [-0.05, 0) is 81.6 Å². The number of aryl methyl sites for hydroxylation is 2. The van der Waals surface area contributed by atoms with Gasteiger partial charge in [0.1, 0.15) is 11.6 Å². The zero-order valence-electron chi connectivity index (χ0n) is 21.5. The van der Waals surface area contributed by atoms with Gasteiger partial charge in [0.15, 0.2) is 0 Å². The number of anilines is 1. The fourth-order valence-electron chi connectivity index (χ4n) is 8.21. The number of aromatic nitrogens is 2. The van der Waals surface area contributed by atoms with Gasteiger partial charge in [-0.15, -0.1) is 0 Å². The van der Waals surface area contributed by atoms with Crippen molar-refractivity contribution in [2.24, 2.45) is 23.2 Å². The molecule has 4 saturated carbocycles. The van der Waals surface area contributed by atoms with Gasteiger partial charge in [-0.1, -0.05) is 37.3 Å². The number of rotatable bonds is 5. The van der Waals surface area contributed by atoms with Crippen LogP contribution in [0, 0.1) is 30.1 Å². The third-order valence-corrected chi connectivity index (χ3v) is 9.32. The highest BCUT2D eigenvalue weighted by Gasteiger charge is 2.55. The average Bonchev–Trinajstić information content (AvgIpc) is 3.10. The van der Waals surface area contributed by atoms with E-state index in [1.807, 2.05) is 6.92 Å². The van der Waals surface area contributed by atoms with E-state index >= 15 is 0 Å². The Balaban J connectivity index is 1.22. The zero-order valence-corrected chi connectivity index (χ0v) is 21.5. The summed E-state index contributed by atoms with van der Waals surface area (Å²) in [5, 5.41) is 0. The second-order valence-electron chi connectivity index (χ2n) is 11.9. The molecule has 5 aliphatic rings. The van der Waals surface area contributed by atoms with Crippen LogP contribution in [0.1, 0.15) is 74.5 Å². The van der Waals surface area contributed by atoms with Gasteiger partial charge < -0.3 is 9.80 Å². The summed E-state index contributed by atoms with van der Waals surface area (Å²) < 4.78 is 0. The van der Waals surface area contributed by atoms with Gasteiger partial charge >= 0.3 is 0 Å². The smallest absolute Gasteiger partial charge is 0.228 e. The third-order valence-electron chi connectivity index (χ3n) is 9.32. The molecule has 2 heterocycles. The first-order valence-electron chi connectivity index (χ1n) is 14.0. The van der Waals surface area contributed by atoms with Crippen LogP contribution in [0.4, 0.5) is 5.82 Å². The molecule has 2 aromatic rings. The zero-order chi connectivity index (χ0) is 24.0. The number of hydrogen-bond donors (Lipinski definition) is 0. The maximum atomic E-state index is 14.0. The molecule has 1 amide bonds. The standard InChI is InChI=1S/C30H40N4O/c1-3-27-26(17-22-8-5-4-6-9-22)28(32-21(2)31-27)33-10-7-11-34(13-12-33)29(35)30-18-23-14-24(19-30)16-25(15-23)20-30/h4-6,8-9,23-25H,3,7,10-20H2,1-2H3. The molecule has 4 bridgehead atoms. The van der Waals surface area contributed by atoms with Crippen LogP contribution in [-0.4, -0.2) is 47.0 Å². The lowest BCUT2D eigenvalue weighted by Gasteiger charge is -2.56. The van der Waals surface area contributed by atoms with E-state index in [4.69, 9.17) is 9.97 Å². The lowest BCUT2D eigenvalue weighted by molar-refractivity contribution is -0.157. The monoisotopic (exact) mass is 472 g/mol. The minimum Gasteiger partial charge on any atom is -0.354 e. The molecule has 5 fully saturated rings. The molecular formula is C30H40N4O. The van der Waals surface area contributed by atoms with Crippen molar-refractivity contribution >= 4 is 11.7 Å². The molecule has 1 aliphatic heterocycles. The highest BCUT2D eigenvalue weighted by Crippen LogP contribution is 2.60. The molecule has 5 heteroatoms. The molecule has 186 valence electrons. The van der Waals surface area contributed by atoms with Crippen molar-refractivity contribution in [3.63, 3.8) is 0 Å². The van der Waals surface area contributed by atoms with Crippen LogP contribution in [0.15, 0.2) is 30.3 Å². The van der Waals surface area contributed by atoms with Crippen LogP contribution >= 0.6 is 0 Å². The van der Waals surface area contributed by atoms with E-state index < -0.39 is 0 Å². The Morgan fingerprint density at radius 1 is 0.943 bits per heavy atom. The summed E-state index contributed by atoms with van der Waals surface area (Å²) in [4.78, 5) is 28.5. The van der Waals surface area contributed by atoms with Crippen LogP contribution < -0.4 is 4.90 Å². The summed E-state index contributed by atoms with van der Waals surface area (Å²) >= 11 is 0. The van der Waals surface area contributed by atoms with E-state index in [-0.39, 0.29) is 5.41 Å². The first-order chi connectivity index (χ1) is 17.0. The Morgan fingerprint density at radius 2 is 1.63 bits per heavy atom. The molecule has 0 unspecified atom stereocenters. The SMILES string of the molecule is CCc1nc(C)nc(N2CCCN(C(=O)C34CC5CC(CC(C5)C3)C4)CC2)c1Cc1ccccc1. The lowest BCUT2D eigenvalue weighted by Crippen LogP contribution is -2.55. The molecule has 1 aromatic heterocycles. The Labute approximate surface area is 210 Å². The summed E-state index contributed by atoms with van der Waals surface area (Å²) in [6.45, 7) is 7.71. The lowest BCUT2D eigenvalue weighted by atomic mass is 9.49. The molecule has 0 radical (unpaired) electrons.